The number of rotatable bonds is 1. The fourth-order valence-corrected chi connectivity index (χ4v) is 0.955. The Kier molecular flexibility index (Phi) is 2.12. The molecule has 0 radical (unpaired) electrons. The van der Waals surface area contributed by atoms with Crippen molar-refractivity contribution < 1.29 is 0 Å². The van der Waals surface area contributed by atoms with Gasteiger partial charge in [-0.1, -0.05) is 0 Å². The van der Waals surface area contributed by atoms with Crippen molar-refractivity contribution in [3.05, 3.63) is 23.5 Å². The molecule has 0 aliphatic carbocycles. The van der Waals surface area contributed by atoms with E-state index in [-0.39, 0.29) is 0 Å². The molecule has 0 aliphatic heterocycles. The van der Waals surface area contributed by atoms with Crippen LogP contribution in [0.2, 0.25) is 0 Å². The SMILES string of the molecule is Cc1cnc(CCl)c(N)c1. The molecule has 3 heteroatoms. The van der Waals surface area contributed by atoms with Gasteiger partial charge in [-0.25, -0.2) is 0 Å². The lowest BCUT2D eigenvalue weighted by Gasteiger charge is -1.99. The van der Waals surface area contributed by atoms with Crippen LogP contribution >= 0.6 is 11.6 Å². The summed E-state index contributed by atoms with van der Waals surface area (Å²) in [5, 5.41) is 0. The van der Waals surface area contributed by atoms with Crippen molar-refractivity contribution in [3.63, 3.8) is 0 Å². The highest BCUT2D eigenvalue weighted by Crippen LogP contribution is 2.11. The molecule has 54 valence electrons. The van der Waals surface area contributed by atoms with E-state index in [1.54, 1.807) is 6.20 Å². The maximum Gasteiger partial charge on any atom is 0.0780 e. The number of nitrogens with two attached hydrogens (primary N) is 1. The number of hydrogen-bond acceptors (Lipinski definition) is 2. The van der Waals surface area contributed by atoms with Crippen molar-refractivity contribution in [3.8, 4) is 0 Å². The molecular formula is C7H9ClN2. The van der Waals surface area contributed by atoms with Crippen LogP contribution in [0, 0.1) is 6.92 Å². The molecular weight excluding hydrogens is 148 g/mol. The second kappa shape index (κ2) is 2.88. The summed E-state index contributed by atoms with van der Waals surface area (Å²) in [6, 6.07) is 1.87. The third-order valence-electron chi connectivity index (χ3n) is 1.27. The van der Waals surface area contributed by atoms with Crippen LogP contribution < -0.4 is 5.73 Å². The molecule has 2 N–H and O–H groups in total. The summed E-state index contributed by atoms with van der Waals surface area (Å²) < 4.78 is 0. The van der Waals surface area contributed by atoms with E-state index in [0.717, 1.165) is 11.3 Å². The van der Waals surface area contributed by atoms with Gasteiger partial charge in [0.25, 0.3) is 0 Å². The molecule has 1 heterocycles. The highest BCUT2D eigenvalue weighted by molar-refractivity contribution is 6.17. The second-order valence-corrected chi connectivity index (χ2v) is 2.45. The summed E-state index contributed by atoms with van der Waals surface area (Å²) >= 11 is 5.54. The maximum atomic E-state index is 5.58. The van der Waals surface area contributed by atoms with Crippen molar-refractivity contribution in [1.82, 2.24) is 4.98 Å². The number of nitrogen functional groups attached to an aromatic ring is 1. The molecule has 1 rings (SSSR count). The van der Waals surface area contributed by atoms with Crippen LogP contribution in [0.5, 0.6) is 0 Å². The summed E-state index contributed by atoms with van der Waals surface area (Å²) in [5.41, 5.74) is 8.08. The first kappa shape index (κ1) is 7.35. The lowest BCUT2D eigenvalue weighted by atomic mass is 10.2. The predicted octanol–water partition coefficient (Wildman–Crippen LogP) is 1.71. The molecule has 0 saturated heterocycles. The molecule has 0 bridgehead atoms. The molecule has 0 saturated carbocycles. The van der Waals surface area contributed by atoms with Crippen LogP contribution in [-0.4, -0.2) is 4.98 Å². The summed E-state index contributed by atoms with van der Waals surface area (Å²) in [6.45, 7) is 1.95. The average molecular weight is 157 g/mol. The van der Waals surface area contributed by atoms with Gasteiger partial charge in [-0.15, -0.1) is 11.6 Å². The number of nitrogens with zero attached hydrogens (tertiary/aromatic N) is 1. The number of anilines is 1. The Morgan fingerprint density at radius 3 is 2.90 bits per heavy atom. The molecule has 0 amide bonds. The lowest BCUT2D eigenvalue weighted by Crippen LogP contribution is -1.95. The Morgan fingerprint density at radius 2 is 2.40 bits per heavy atom. The maximum absolute atomic E-state index is 5.58. The van der Waals surface area contributed by atoms with E-state index >= 15 is 0 Å². The Morgan fingerprint density at radius 1 is 1.70 bits per heavy atom. The summed E-state index contributed by atoms with van der Waals surface area (Å²) in [7, 11) is 0. The zero-order valence-corrected chi connectivity index (χ0v) is 6.52. The predicted molar refractivity (Wildman–Crippen MR) is 42.9 cm³/mol. The zero-order chi connectivity index (χ0) is 7.56. The Balaban J connectivity index is 3.07. The quantitative estimate of drug-likeness (QED) is 0.629. The Hall–Kier alpha value is -0.760. The third kappa shape index (κ3) is 1.39. The lowest BCUT2D eigenvalue weighted by molar-refractivity contribution is 1.15. The molecule has 0 spiro atoms. The number of aryl methyl sites for hydroxylation is 1. The van der Waals surface area contributed by atoms with Gasteiger partial charge in [0, 0.05) is 6.20 Å². The molecule has 0 aromatic carbocycles. The zero-order valence-electron chi connectivity index (χ0n) is 5.76. The van der Waals surface area contributed by atoms with Gasteiger partial charge in [0.1, 0.15) is 0 Å². The average Bonchev–Trinajstić information content (AvgIpc) is 1.88. The number of aromatic nitrogens is 1. The summed E-state index contributed by atoms with van der Waals surface area (Å²) in [4.78, 5) is 4.04. The molecule has 2 nitrogen and oxygen atoms in total. The summed E-state index contributed by atoms with van der Waals surface area (Å²) in [6.07, 6.45) is 1.76. The van der Waals surface area contributed by atoms with Crippen molar-refractivity contribution >= 4 is 17.3 Å². The van der Waals surface area contributed by atoms with Gasteiger partial charge in [-0.3, -0.25) is 4.98 Å². The number of alkyl halides is 1. The van der Waals surface area contributed by atoms with Gasteiger partial charge < -0.3 is 5.73 Å². The number of halogens is 1. The standard InChI is InChI=1S/C7H9ClN2/c1-5-2-6(9)7(3-8)10-4-5/h2,4H,3,9H2,1H3. The Bertz CT molecular complexity index is 235. The van der Waals surface area contributed by atoms with E-state index in [1.165, 1.54) is 0 Å². The second-order valence-electron chi connectivity index (χ2n) is 2.18. The Labute approximate surface area is 65.0 Å². The minimum atomic E-state index is 0.381. The van der Waals surface area contributed by atoms with Crippen LogP contribution in [0.1, 0.15) is 11.3 Å². The fraction of sp³-hybridized carbons (Fsp3) is 0.286. The van der Waals surface area contributed by atoms with Crippen molar-refractivity contribution in [1.29, 1.82) is 0 Å². The van der Waals surface area contributed by atoms with Gasteiger partial charge in [0.05, 0.1) is 17.3 Å². The van der Waals surface area contributed by atoms with E-state index < -0.39 is 0 Å². The van der Waals surface area contributed by atoms with E-state index in [4.69, 9.17) is 17.3 Å². The largest absolute Gasteiger partial charge is 0.397 e. The van der Waals surface area contributed by atoms with E-state index in [9.17, 15) is 0 Å². The van der Waals surface area contributed by atoms with Gasteiger partial charge in [-0.2, -0.15) is 0 Å². The number of pyridine rings is 1. The van der Waals surface area contributed by atoms with Crippen LogP contribution in [0.25, 0.3) is 0 Å². The first-order valence-corrected chi connectivity index (χ1v) is 3.54. The normalized spacial score (nSPS) is 9.80. The summed E-state index contributed by atoms with van der Waals surface area (Å²) in [5.74, 6) is 0.381. The van der Waals surface area contributed by atoms with Crippen LogP contribution in [0.3, 0.4) is 0 Å². The van der Waals surface area contributed by atoms with Crippen LogP contribution in [0.4, 0.5) is 5.69 Å². The molecule has 0 atom stereocenters. The minimum Gasteiger partial charge on any atom is -0.397 e. The monoisotopic (exact) mass is 156 g/mol. The molecule has 0 unspecified atom stereocenters. The smallest absolute Gasteiger partial charge is 0.0780 e. The molecule has 10 heavy (non-hydrogen) atoms. The topological polar surface area (TPSA) is 38.9 Å². The molecule has 0 fully saturated rings. The van der Waals surface area contributed by atoms with Gasteiger partial charge in [-0.05, 0) is 18.6 Å². The highest BCUT2D eigenvalue weighted by atomic mass is 35.5. The van der Waals surface area contributed by atoms with Crippen molar-refractivity contribution in [2.45, 2.75) is 12.8 Å². The van der Waals surface area contributed by atoms with Crippen LogP contribution in [0.15, 0.2) is 12.3 Å². The van der Waals surface area contributed by atoms with Crippen molar-refractivity contribution in [2.24, 2.45) is 0 Å². The van der Waals surface area contributed by atoms with E-state index in [2.05, 4.69) is 4.98 Å². The third-order valence-corrected chi connectivity index (χ3v) is 1.52. The molecule has 0 aliphatic rings. The van der Waals surface area contributed by atoms with E-state index in [1.807, 2.05) is 13.0 Å². The van der Waals surface area contributed by atoms with E-state index in [0.29, 0.717) is 11.6 Å². The van der Waals surface area contributed by atoms with Gasteiger partial charge >= 0.3 is 0 Å². The molecule has 1 aromatic heterocycles. The van der Waals surface area contributed by atoms with Gasteiger partial charge in [0.2, 0.25) is 0 Å². The van der Waals surface area contributed by atoms with Crippen molar-refractivity contribution in [2.75, 3.05) is 5.73 Å². The first-order valence-electron chi connectivity index (χ1n) is 3.01. The first-order chi connectivity index (χ1) is 4.74. The number of hydrogen-bond donors (Lipinski definition) is 1. The highest BCUT2D eigenvalue weighted by Gasteiger charge is 1.96. The fourth-order valence-electron chi connectivity index (χ4n) is 0.732. The van der Waals surface area contributed by atoms with Crippen LogP contribution in [-0.2, 0) is 5.88 Å². The van der Waals surface area contributed by atoms with Gasteiger partial charge in [0.15, 0.2) is 0 Å². The minimum absolute atomic E-state index is 0.381. The molecule has 1 aromatic rings.